The number of benzene rings is 2. The van der Waals surface area contributed by atoms with Crippen molar-refractivity contribution in [1.29, 1.82) is 0 Å². The second-order valence-electron chi connectivity index (χ2n) is 6.85. The van der Waals surface area contributed by atoms with Crippen molar-refractivity contribution in [3.63, 3.8) is 0 Å². The number of nitrogens with zero attached hydrogens (tertiary/aromatic N) is 1. The highest BCUT2D eigenvalue weighted by Crippen LogP contribution is 2.32. The van der Waals surface area contributed by atoms with Crippen molar-refractivity contribution < 1.29 is 9.53 Å². The molecule has 2 aliphatic rings. The molecular formula is C21H24N2O2. The molecule has 4 rings (SSSR count). The van der Waals surface area contributed by atoms with Crippen LogP contribution in [0.5, 0.6) is 5.75 Å². The summed E-state index contributed by atoms with van der Waals surface area (Å²) in [5.74, 6) is 1.04. The zero-order chi connectivity index (χ0) is 17.1. The Hall–Kier alpha value is -2.33. The van der Waals surface area contributed by atoms with Gasteiger partial charge in [-0.2, -0.15) is 0 Å². The average Bonchev–Trinajstić information content (AvgIpc) is 3.11. The predicted molar refractivity (Wildman–Crippen MR) is 97.3 cm³/mol. The number of amides is 1. The SMILES string of the molecule is O=C(N[C@H]1CCOc2ccccc21)[C@H]1CCCN1Cc1ccccc1. The maximum Gasteiger partial charge on any atom is 0.237 e. The Kier molecular flexibility index (Phi) is 4.70. The van der Waals surface area contributed by atoms with E-state index in [4.69, 9.17) is 4.74 Å². The van der Waals surface area contributed by atoms with Crippen molar-refractivity contribution in [2.45, 2.75) is 37.9 Å². The van der Waals surface area contributed by atoms with Gasteiger partial charge in [0.25, 0.3) is 0 Å². The molecule has 130 valence electrons. The first-order chi connectivity index (χ1) is 12.3. The van der Waals surface area contributed by atoms with Crippen molar-refractivity contribution in [1.82, 2.24) is 10.2 Å². The Morgan fingerprint density at radius 1 is 1.08 bits per heavy atom. The number of nitrogens with one attached hydrogen (secondary N) is 1. The van der Waals surface area contributed by atoms with Crippen molar-refractivity contribution >= 4 is 5.91 Å². The van der Waals surface area contributed by atoms with Gasteiger partial charge >= 0.3 is 0 Å². The number of likely N-dealkylation sites (tertiary alicyclic amines) is 1. The molecule has 0 unspecified atom stereocenters. The Balaban J connectivity index is 1.44. The lowest BCUT2D eigenvalue weighted by Crippen LogP contribution is -2.45. The second kappa shape index (κ2) is 7.28. The molecule has 2 heterocycles. The summed E-state index contributed by atoms with van der Waals surface area (Å²) in [5.41, 5.74) is 2.35. The van der Waals surface area contributed by atoms with Crippen molar-refractivity contribution in [3.8, 4) is 5.75 Å². The number of hydrogen-bond donors (Lipinski definition) is 1. The quantitative estimate of drug-likeness (QED) is 0.931. The molecular weight excluding hydrogens is 312 g/mol. The average molecular weight is 336 g/mol. The standard InChI is InChI=1S/C21H24N2O2/c24-21(22-18-12-14-25-20-11-5-4-9-17(18)20)19-10-6-13-23(19)15-16-7-2-1-3-8-16/h1-5,7-9,11,18-19H,6,10,12-15H2,(H,22,24)/t18-,19+/m0/s1. The molecule has 4 nitrogen and oxygen atoms in total. The van der Waals surface area contributed by atoms with Gasteiger partial charge in [-0.3, -0.25) is 9.69 Å². The van der Waals surface area contributed by atoms with Gasteiger partial charge in [-0.25, -0.2) is 0 Å². The highest BCUT2D eigenvalue weighted by molar-refractivity contribution is 5.82. The molecule has 2 atom stereocenters. The Bertz CT molecular complexity index is 732. The normalized spacial score (nSPS) is 22.9. The van der Waals surface area contributed by atoms with E-state index in [9.17, 15) is 4.79 Å². The molecule has 25 heavy (non-hydrogen) atoms. The summed E-state index contributed by atoms with van der Waals surface area (Å²) in [4.78, 5) is 15.2. The lowest BCUT2D eigenvalue weighted by molar-refractivity contribution is -0.126. The van der Waals surface area contributed by atoms with E-state index in [1.54, 1.807) is 0 Å². The molecule has 1 saturated heterocycles. The van der Waals surface area contributed by atoms with Crippen LogP contribution in [0.15, 0.2) is 54.6 Å². The molecule has 0 bridgehead atoms. The fourth-order valence-corrected chi connectivity index (χ4v) is 3.89. The minimum Gasteiger partial charge on any atom is -0.493 e. The molecule has 4 heteroatoms. The van der Waals surface area contributed by atoms with E-state index in [0.29, 0.717) is 6.61 Å². The van der Waals surface area contributed by atoms with Gasteiger partial charge in [0.1, 0.15) is 5.75 Å². The number of carbonyl (C=O) groups excluding carboxylic acids is 1. The van der Waals surface area contributed by atoms with E-state index in [1.165, 1.54) is 5.56 Å². The Morgan fingerprint density at radius 3 is 2.76 bits per heavy atom. The molecule has 0 aliphatic carbocycles. The van der Waals surface area contributed by atoms with Gasteiger partial charge in [0.15, 0.2) is 0 Å². The van der Waals surface area contributed by atoms with E-state index in [0.717, 1.165) is 43.7 Å². The summed E-state index contributed by atoms with van der Waals surface area (Å²) in [5, 5.41) is 3.27. The van der Waals surface area contributed by atoms with E-state index < -0.39 is 0 Å². The first-order valence-electron chi connectivity index (χ1n) is 9.11. The highest BCUT2D eigenvalue weighted by atomic mass is 16.5. The first kappa shape index (κ1) is 16.2. The summed E-state index contributed by atoms with van der Waals surface area (Å²) in [7, 11) is 0. The van der Waals surface area contributed by atoms with Crippen LogP contribution in [0.25, 0.3) is 0 Å². The Morgan fingerprint density at radius 2 is 1.88 bits per heavy atom. The van der Waals surface area contributed by atoms with Crippen LogP contribution in [-0.4, -0.2) is 30.0 Å². The summed E-state index contributed by atoms with van der Waals surface area (Å²) >= 11 is 0. The van der Waals surface area contributed by atoms with Crippen LogP contribution in [0.1, 0.15) is 36.4 Å². The van der Waals surface area contributed by atoms with Crippen LogP contribution < -0.4 is 10.1 Å². The predicted octanol–water partition coefficient (Wildman–Crippen LogP) is 3.29. The van der Waals surface area contributed by atoms with Crippen LogP contribution in [0, 0.1) is 0 Å². The largest absolute Gasteiger partial charge is 0.493 e. The number of hydrogen-bond acceptors (Lipinski definition) is 3. The van der Waals surface area contributed by atoms with Crippen molar-refractivity contribution in [3.05, 3.63) is 65.7 Å². The summed E-state index contributed by atoms with van der Waals surface area (Å²) in [6.07, 6.45) is 2.84. The zero-order valence-electron chi connectivity index (χ0n) is 14.4. The molecule has 0 saturated carbocycles. The van der Waals surface area contributed by atoms with Gasteiger partial charge in [-0.05, 0) is 31.0 Å². The smallest absolute Gasteiger partial charge is 0.237 e. The minimum absolute atomic E-state index is 0.0322. The third kappa shape index (κ3) is 3.54. The number of rotatable bonds is 4. The Labute approximate surface area is 148 Å². The zero-order valence-corrected chi connectivity index (χ0v) is 14.4. The molecule has 1 amide bonds. The number of fused-ring (bicyclic) bond motifs is 1. The van der Waals surface area contributed by atoms with Crippen molar-refractivity contribution in [2.24, 2.45) is 0 Å². The lowest BCUT2D eigenvalue weighted by Gasteiger charge is -2.30. The van der Waals surface area contributed by atoms with Gasteiger partial charge in [-0.1, -0.05) is 48.5 Å². The van der Waals surface area contributed by atoms with Crippen molar-refractivity contribution in [2.75, 3.05) is 13.2 Å². The fourth-order valence-electron chi connectivity index (χ4n) is 3.89. The van der Waals surface area contributed by atoms with E-state index in [2.05, 4.69) is 40.5 Å². The first-order valence-corrected chi connectivity index (χ1v) is 9.11. The second-order valence-corrected chi connectivity index (χ2v) is 6.85. The summed E-state index contributed by atoms with van der Waals surface area (Å²) in [6.45, 7) is 2.47. The van der Waals surface area contributed by atoms with Crippen LogP contribution in [0.2, 0.25) is 0 Å². The highest BCUT2D eigenvalue weighted by Gasteiger charge is 2.33. The fraction of sp³-hybridized carbons (Fsp3) is 0.381. The molecule has 0 aromatic heterocycles. The molecule has 2 aromatic rings. The van der Waals surface area contributed by atoms with Crippen LogP contribution >= 0.6 is 0 Å². The molecule has 1 fully saturated rings. The van der Waals surface area contributed by atoms with E-state index in [1.807, 2.05) is 24.3 Å². The molecule has 2 aromatic carbocycles. The van der Waals surface area contributed by atoms with Crippen LogP contribution in [0.4, 0.5) is 0 Å². The lowest BCUT2D eigenvalue weighted by atomic mass is 10.00. The van der Waals surface area contributed by atoms with E-state index in [-0.39, 0.29) is 18.0 Å². The van der Waals surface area contributed by atoms with Gasteiger partial charge < -0.3 is 10.1 Å². The summed E-state index contributed by atoms with van der Waals surface area (Å²) < 4.78 is 5.70. The van der Waals surface area contributed by atoms with Gasteiger partial charge in [-0.15, -0.1) is 0 Å². The molecule has 2 aliphatic heterocycles. The number of ether oxygens (including phenoxy) is 1. The van der Waals surface area contributed by atoms with Gasteiger partial charge in [0.2, 0.25) is 5.91 Å². The summed E-state index contributed by atoms with van der Waals surface area (Å²) in [6, 6.07) is 18.4. The molecule has 0 radical (unpaired) electrons. The van der Waals surface area contributed by atoms with E-state index >= 15 is 0 Å². The van der Waals surface area contributed by atoms with Crippen LogP contribution in [-0.2, 0) is 11.3 Å². The molecule has 1 N–H and O–H groups in total. The molecule has 0 spiro atoms. The topological polar surface area (TPSA) is 41.6 Å². The maximum absolute atomic E-state index is 12.9. The third-order valence-corrected chi connectivity index (χ3v) is 5.17. The number of carbonyl (C=O) groups is 1. The van der Waals surface area contributed by atoms with Crippen LogP contribution in [0.3, 0.4) is 0 Å². The van der Waals surface area contributed by atoms with Gasteiger partial charge in [0, 0.05) is 18.5 Å². The maximum atomic E-state index is 12.9. The minimum atomic E-state index is -0.0322. The third-order valence-electron chi connectivity index (χ3n) is 5.17. The van der Waals surface area contributed by atoms with Gasteiger partial charge in [0.05, 0.1) is 18.7 Å². The number of para-hydroxylation sites is 1. The monoisotopic (exact) mass is 336 g/mol.